The van der Waals surface area contributed by atoms with Gasteiger partial charge in [-0.3, -0.25) is 4.98 Å². The van der Waals surface area contributed by atoms with Crippen molar-refractivity contribution >= 4 is 35.8 Å². The number of β-amino-alcohol motifs (C(OH)–C–C–N with tert-alkyl or cyclic N) is 1. The minimum Gasteiger partial charge on any atom is -0.393 e. The van der Waals surface area contributed by atoms with E-state index in [1.54, 1.807) is 0 Å². The van der Waals surface area contributed by atoms with Crippen molar-refractivity contribution in [1.29, 1.82) is 5.26 Å². The minimum atomic E-state index is -4.80. The lowest BCUT2D eigenvalue weighted by atomic mass is 10.1. The van der Waals surface area contributed by atoms with E-state index in [-0.39, 0.29) is 14.9 Å². The summed E-state index contributed by atoms with van der Waals surface area (Å²) in [5.41, 5.74) is -3.61. The van der Waals surface area contributed by atoms with E-state index < -0.39 is 67.2 Å². The van der Waals surface area contributed by atoms with Crippen molar-refractivity contribution in [2.75, 3.05) is 19.7 Å². The van der Waals surface area contributed by atoms with Gasteiger partial charge in [0.05, 0.1) is 28.0 Å². The molecule has 2 atom stereocenters. The Morgan fingerprint density at radius 1 is 1.24 bits per heavy atom. The van der Waals surface area contributed by atoms with E-state index in [0.29, 0.717) is 22.6 Å². The van der Waals surface area contributed by atoms with Crippen LogP contribution < -0.4 is 0 Å². The van der Waals surface area contributed by atoms with E-state index in [4.69, 9.17) is 5.26 Å². The molecule has 15 heteroatoms. The van der Waals surface area contributed by atoms with Crippen LogP contribution in [0.1, 0.15) is 11.3 Å². The topological polar surface area (TPSA) is 149 Å². The maximum absolute atomic E-state index is 13.1. The fraction of sp³-hybridized carbons (Fsp3) is 0.333. The van der Waals surface area contributed by atoms with E-state index in [1.807, 2.05) is 6.07 Å². The normalized spacial score (nSPS) is 22.3. The first kappa shape index (κ1) is 25.5. The molecule has 0 spiro atoms. The number of benzene rings is 1. The van der Waals surface area contributed by atoms with E-state index in [9.17, 15) is 40.2 Å². The molecule has 3 rings (SSSR count). The Kier molecular flexibility index (Phi) is 6.65. The fourth-order valence-electron chi connectivity index (χ4n) is 3.35. The summed E-state index contributed by atoms with van der Waals surface area (Å²) in [4.78, 5) is 2.11. The van der Waals surface area contributed by atoms with Crippen molar-refractivity contribution in [3.05, 3.63) is 52.3 Å². The quantitative estimate of drug-likeness (QED) is 0.547. The van der Waals surface area contributed by atoms with Crippen LogP contribution >= 0.6 is 15.9 Å². The smallest absolute Gasteiger partial charge is 0.393 e. The lowest BCUT2D eigenvalue weighted by Gasteiger charge is -2.26. The van der Waals surface area contributed by atoms with Crippen LogP contribution in [-0.2, 0) is 26.0 Å². The highest BCUT2D eigenvalue weighted by atomic mass is 79.9. The van der Waals surface area contributed by atoms with Crippen LogP contribution in [0.4, 0.5) is 13.2 Å². The summed E-state index contributed by atoms with van der Waals surface area (Å²) in [5, 5.41) is 27.5. The molecule has 1 aromatic carbocycles. The Balaban J connectivity index is 2.00. The molecule has 0 saturated carbocycles. The van der Waals surface area contributed by atoms with Gasteiger partial charge in [0.25, 0.3) is 0 Å². The number of sulfonamides is 1. The van der Waals surface area contributed by atoms with Crippen molar-refractivity contribution in [3.63, 3.8) is 0 Å². The molecule has 1 aromatic heterocycles. The van der Waals surface area contributed by atoms with Gasteiger partial charge < -0.3 is 10.2 Å². The van der Waals surface area contributed by atoms with Gasteiger partial charge in [0.2, 0.25) is 10.0 Å². The van der Waals surface area contributed by atoms with Crippen LogP contribution in [-0.4, -0.2) is 66.9 Å². The number of rotatable bonds is 5. The molecule has 1 aliphatic heterocycles. The molecule has 0 aliphatic carbocycles. The number of hydrogen-bond acceptors (Lipinski definition) is 8. The Labute approximate surface area is 195 Å². The van der Waals surface area contributed by atoms with Gasteiger partial charge in [-0.05, 0) is 46.3 Å². The summed E-state index contributed by atoms with van der Waals surface area (Å²) in [6.07, 6.45) is -4.34. The van der Waals surface area contributed by atoms with Gasteiger partial charge in [0, 0.05) is 23.8 Å². The second kappa shape index (κ2) is 8.60. The average molecular weight is 570 g/mol. The number of aromatic nitrogens is 1. The summed E-state index contributed by atoms with van der Waals surface area (Å²) in [5.74, 6) is 0. The van der Waals surface area contributed by atoms with Gasteiger partial charge in [-0.2, -0.15) is 22.7 Å². The van der Waals surface area contributed by atoms with Gasteiger partial charge in [-0.1, -0.05) is 0 Å². The van der Waals surface area contributed by atoms with Crippen molar-refractivity contribution < 1.29 is 40.2 Å². The average Bonchev–Trinajstić information content (AvgIpc) is 3.12. The van der Waals surface area contributed by atoms with Gasteiger partial charge in [-0.25, -0.2) is 16.8 Å². The van der Waals surface area contributed by atoms with E-state index in [1.165, 1.54) is 12.1 Å². The number of sulfone groups is 1. The molecule has 178 valence electrons. The number of pyridine rings is 1. The molecular formula is C18H15BrF3N3O6S2. The molecule has 1 aliphatic rings. The zero-order chi connectivity index (χ0) is 24.8. The molecule has 1 unspecified atom stereocenters. The Morgan fingerprint density at radius 3 is 2.39 bits per heavy atom. The predicted octanol–water partition coefficient (Wildman–Crippen LogP) is 1.30. The predicted molar refractivity (Wildman–Crippen MR) is 110 cm³/mol. The summed E-state index contributed by atoms with van der Waals surface area (Å²) in [7, 11) is -9.02. The lowest BCUT2D eigenvalue weighted by Crippen LogP contribution is -2.49. The monoisotopic (exact) mass is 569 g/mol. The van der Waals surface area contributed by atoms with Crippen LogP contribution in [0.25, 0.3) is 0 Å². The van der Waals surface area contributed by atoms with E-state index in [2.05, 4.69) is 20.9 Å². The second-order valence-electron chi connectivity index (χ2n) is 7.23. The second-order valence-corrected chi connectivity index (χ2v) is 12.1. The fourth-order valence-corrected chi connectivity index (χ4v) is 7.89. The number of hydrogen-bond donors (Lipinski definition) is 2. The number of alkyl halides is 3. The zero-order valence-electron chi connectivity index (χ0n) is 16.4. The molecule has 1 fully saturated rings. The standard InChI is InChI=1S/C18H15BrF3N3O6S2/c19-13-5-11(6-23)1-3-14(13)33(30,31)25-8-16(17(27,9-25)10-26)32(28,29)12-2-4-15(24-7-12)18(20,21)22/h1-5,7,16,26-27H,8-10H2/t16?,17-/m1/s1. The summed E-state index contributed by atoms with van der Waals surface area (Å²) >= 11 is 3.04. The lowest BCUT2D eigenvalue weighted by molar-refractivity contribution is -0.141. The van der Waals surface area contributed by atoms with E-state index >= 15 is 0 Å². The van der Waals surface area contributed by atoms with Crippen LogP contribution in [0.5, 0.6) is 0 Å². The van der Waals surface area contributed by atoms with Gasteiger partial charge >= 0.3 is 6.18 Å². The summed E-state index contributed by atoms with van der Waals surface area (Å²) in [6, 6.07) is 6.52. The van der Waals surface area contributed by atoms with Crippen molar-refractivity contribution in [3.8, 4) is 6.07 Å². The molecule has 0 amide bonds. The molecule has 33 heavy (non-hydrogen) atoms. The molecule has 9 nitrogen and oxygen atoms in total. The minimum absolute atomic E-state index is 0.0207. The summed E-state index contributed by atoms with van der Waals surface area (Å²) in [6.45, 7) is -2.71. The molecule has 0 bridgehead atoms. The first-order valence-electron chi connectivity index (χ1n) is 8.97. The maximum atomic E-state index is 13.1. The Morgan fingerprint density at radius 2 is 1.91 bits per heavy atom. The van der Waals surface area contributed by atoms with Crippen LogP contribution in [0.2, 0.25) is 0 Å². The molecule has 2 heterocycles. The van der Waals surface area contributed by atoms with Crippen LogP contribution in [0, 0.1) is 11.3 Å². The first-order valence-corrected chi connectivity index (χ1v) is 12.7. The molecule has 2 N–H and O–H groups in total. The highest BCUT2D eigenvalue weighted by Gasteiger charge is 2.55. The number of nitrogens with zero attached hydrogens (tertiary/aromatic N) is 3. The van der Waals surface area contributed by atoms with Crippen molar-refractivity contribution in [2.24, 2.45) is 0 Å². The molecule has 0 radical (unpaired) electrons. The molecule has 2 aromatic rings. The van der Waals surface area contributed by atoms with Crippen molar-refractivity contribution in [1.82, 2.24) is 9.29 Å². The molecular weight excluding hydrogens is 555 g/mol. The first-order chi connectivity index (χ1) is 15.2. The summed E-state index contributed by atoms with van der Waals surface area (Å²) < 4.78 is 91.2. The third-order valence-electron chi connectivity index (χ3n) is 5.10. The third kappa shape index (κ3) is 4.63. The Bertz CT molecular complexity index is 1330. The van der Waals surface area contributed by atoms with Crippen LogP contribution in [0.15, 0.2) is 50.8 Å². The number of nitriles is 1. The van der Waals surface area contributed by atoms with Crippen LogP contribution in [0.3, 0.4) is 0 Å². The number of aliphatic hydroxyl groups is 2. The highest BCUT2D eigenvalue weighted by Crippen LogP contribution is 2.36. The number of aliphatic hydroxyl groups excluding tert-OH is 1. The Hall–Kier alpha value is -2.09. The van der Waals surface area contributed by atoms with Gasteiger partial charge in [0.15, 0.2) is 9.84 Å². The van der Waals surface area contributed by atoms with Gasteiger partial charge in [0.1, 0.15) is 16.5 Å². The largest absolute Gasteiger partial charge is 0.433 e. The molecule has 1 saturated heterocycles. The third-order valence-corrected chi connectivity index (χ3v) is 10.1. The maximum Gasteiger partial charge on any atom is 0.433 e. The highest BCUT2D eigenvalue weighted by molar-refractivity contribution is 9.10. The van der Waals surface area contributed by atoms with Crippen molar-refractivity contribution in [2.45, 2.75) is 26.8 Å². The van der Waals surface area contributed by atoms with E-state index in [0.717, 1.165) is 6.07 Å². The number of halogens is 4. The SMILES string of the molecule is N#Cc1ccc(S(=O)(=O)N2CC(S(=O)(=O)c3ccc(C(F)(F)F)nc3)[C@](O)(CO)C2)c(Br)c1. The van der Waals surface area contributed by atoms with Gasteiger partial charge in [-0.15, -0.1) is 0 Å². The zero-order valence-corrected chi connectivity index (χ0v) is 19.6.